The van der Waals surface area contributed by atoms with Gasteiger partial charge in [-0.25, -0.2) is 4.79 Å². The molecule has 0 saturated heterocycles. The maximum Gasteiger partial charge on any atom is 0.328 e. The highest BCUT2D eigenvalue weighted by Gasteiger charge is 2.16. The van der Waals surface area contributed by atoms with E-state index in [-0.39, 0.29) is 11.2 Å². The fraction of sp³-hybridized carbons (Fsp3) is 0.0870. The lowest BCUT2D eigenvalue weighted by Gasteiger charge is -2.14. The minimum atomic E-state index is -1.19. The van der Waals surface area contributed by atoms with Crippen LogP contribution in [0.25, 0.3) is 10.8 Å². The highest BCUT2D eigenvalue weighted by Crippen LogP contribution is 2.28. The minimum Gasteiger partial charge on any atom is -0.478 e. The van der Waals surface area contributed by atoms with Crippen molar-refractivity contribution < 1.29 is 19.5 Å². The topological polar surface area (TPSA) is 95.5 Å². The second-order valence-corrected chi connectivity index (χ2v) is 7.88. The van der Waals surface area contributed by atoms with E-state index in [2.05, 4.69) is 10.6 Å². The first-order valence-corrected chi connectivity index (χ1v) is 10.1. The Labute approximate surface area is 178 Å². The third-order valence-electron chi connectivity index (χ3n) is 4.21. The zero-order valence-electron chi connectivity index (χ0n) is 16.2. The second kappa shape index (κ2) is 9.76. The molecule has 1 unspecified atom stereocenters. The largest absolute Gasteiger partial charge is 0.478 e. The number of hydrogen-bond acceptors (Lipinski definition) is 4. The molecule has 0 aromatic heterocycles. The number of carbonyl (C=O) groups is 3. The van der Waals surface area contributed by atoms with Crippen molar-refractivity contribution in [2.45, 2.75) is 17.1 Å². The molecule has 0 aliphatic rings. The summed E-state index contributed by atoms with van der Waals surface area (Å²) in [5.74, 6) is -1.86. The van der Waals surface area contributed by atoms with E-state index in [9.17, 15) is 14.4 Å². The van der Waals surface area contributed by atoms with Gasteiger partial charge >= 0.3 is 5.97 Å². The van der Waals surface area contributed by atoms with Crippen LogP contribution in [-0.4, -0.2) is 28.1 Å². The van der Waals surface area contributed by atoms with Crippen LogP contribution in [0.5, 0.6) is 0 Å². The van der Waals surface area contributed by atoms with E-state index in [4.69, 9.17) is 5.11 Å². The highest BCUT2D eigenvalue weighted by molar-refractivity contribution is 8.00. The number of nitrogens with one attached hydrogen (secondary N) is 2. The number of benzene rings is 3. The van der Waals surface area contributed by atoms with E-state index in [1.54, 1.807) is 18.2 Å². The Bertz CT molecular complexity index is 1120. The maximum atomic E-state index is 12.7. The Kier molecular flexibility index (Phi) is 6.87. The molecule has 3 aromatic carbocycles. The van der Waals surface area contributed by atoms with Crippen molar-refractivity contribution in [3.63, 3.8) is 0 Å². The Morgan fingerprint density at radius 3 is 2.47 bits per heavy atom. The molecular weight excluding hydrogens is 400 g/mol. The number of aliphatic carboxylic acids is 1. The zero-order valence-corrected chi connectivity index (χ0v) is 17.0. The van der Waals surface area contributed by atoms with Gasteiger partial charge < -0.3 is 15.7 Å². The molecule has 3 N–H and O–H groups in total. The summed E-state index contributed by atoms with van der Waals surface area (Å²) in [6, 6.07) is 20.6. The van der Waals surface area contributed by atoms with Gasteiger partial charge in [0.1, 0.15) is 0 Å². The standard InChI is InChI=1S/C23H20N2O4S/c1-15(23(29)25-20-11-4-7-16-6-2-3-10-19(16)20)30-18-9-5-8-17(14-18)24-21(26)12-13-22(27)28/h2-15H,1H3,(H,24,26)(H,25,29)(H,27,28)/b13-12+. The number of fused-ring (bicyclic) bond motifs is 1. The van der Waals surface area contributed by atoms with Crippen LogP contribution in [0, 0.1) is 0 Å². The summed E-state index contributed by atoms with van der Waals surface area (Å²) in [4.78, 5) is 35.7. The quantitative estimate of drug-likeness (QED) is 0.385. The van der Waals surface area contributed by atoms with Crippen LogP contribution in [0.1, 0.15) is 6.92 Å². The third-order valence-corrected chi connectivity index (χ3v) is 5.30. The zero-order chi connectivity index (χ0) is 21.5. The second-order valence-electron chi connectivity index (χ2n) is 6.46. The molecule has 0 heterocycles. The Balaban J connectivity index is 1.65. The molecule has 0 spiro atoms. The van der Waals surface area contributed by atoms with Gasteiger partial charge in [-0.1, -0.05) is 42.5 Å². The Morgan fingerprint density at radius 1 is 0.933 bits per heavy atom. The lowest BCUT2D eigenvalue weighted by molar-refractivity contribution is -0.131. The number of amides is 2. The van der Waals surface area contributed by atoms with Crippen molar-refractivity contribution >= 4 is 51.7 Å². The molecule has 0 bridgehead atoms. The van der Waals surface area contributed by atoms with Crippen molar-refractivity contribution in [2.24, 2.45) is 0 Å². The van der Waals surface area contributed by atoms with E-state index in [1.165, 1.54) is 11.8 Å². The highest BCUT2D eigenvalue weighted by atomic mass is 32.2. The number of hydrogen-bond donors (Lipinski definition) is 3. The molecule has 2 amide bonds. The molecule has 0 fully saturated rings. The van der Waals surface area contributed by atoms with Crippen LogP contribution < -0.4 is 10.6 Å². The Hall–Kier alpha value is -3.58. The fourth-order valence-corrected chi connectivity index (χ4v) is 3.73. The molecule has 3 aromatic rings. The summed E-state index contributed by atoms with van der Waals surface area (Å²) in [7, 11) is 0. The van der Waals surface area contributed by atoms with Crippen molar-refractivity contribution in [3.05, 3.63) is 78.9 Å². The van der Waals surface area contributed by atoms with E-state index in [0.29, 0.717) is 5.69 Å². The minimum absolute atomic E-state index is 0.129. The first kappa shape index (κ1) is 21.1. The predicted molar refractivity (Wildman–Crippen MR) is 120 cm³/mol. The maximum absolute atomic E-state index is 12.7. The van der Waals surface area contributed by atoms with Crippen LogP contribution in [0.3, 0.4) is 0 Å². The average Bonchev–Trinajstić information content (AvgIpc) is 2.73. The van der Waals surface area contributed by atoms with Gasteiger partial charge in [0.2, 0.25) is 11.8 Å². The molecule has 0 aliphatic heterocycles. The molecule has 3 rings (SSSR count). The average molecular weight is 420 g/mol. The third kappa shape index (κ3) is 5.71. The van der Waals surface area contributed by atoms with E-state index in [1.807, 2.05) is 55.5 Å². The van der Waals surface area contributed by atoms with Gasteiger partial charge in [0, 0.05) is 33.8 Å². The normalized spacial score (nSPS) is 11.9. The van der Waals surface area contributed by atoms with E-state index >= 15 is 0 Å². The molecule has 7 heteroatoms. The van der Waals surface area contributed by atoms with Crippen LogP contribution in [0.15, 0.2) is 83.8 Å². The van der Waals surface area contributed by atoms with Crippen molar-refractivity contribution in [1.29, 1.82) is 0 Å². The van der Waals surface area contributed by atoms with Crippen LogP contribution in [-0.2, 0) is 14.4 Å². The van der Waals surface area contributed by atoms with Crippen LogP contribution in [0.4, 0.5) is 11.4 Å². The molecule has 30 heavy (non-hydrogen) atoms. The van der Waals surface area contributed by atoms with Crippen molar-refractivity contribution in [2.75, 3.05) is 10.6 Å². The Morgan fingerprint density at radius 2 is 1.67 bits per heavy atom. The lowest BCUT2D eigenvalue weighted by Crippen LogP contribution is -2.22. The van der Waals surface area contributed by atoms with Gasteiger partial charge in [-0.05, 0) is 36.6 Å². The number of thioether (sulfide) groups is 1. The van der Waals surface area contributed by atoms with Crippen molar-refractivity contribution in [3.8, 4) is 0 Å². The molecular formula is C23H20N2O4S. The fourth-order valence-electron chi connectivity index (χ4n) is 2.80. The monoisotopic (exact) mass is 420 g/mol. The van der Waals surface area contributed by atoms with Gasteiger partial charge in [-0.2, -0.15) is 0 Å². The first-order valence-electron chi connectivity index (χ1n) is 9.20. The number of carbonyl (C=O) groups excluding carboxylic acids is 2. The van der Waals surface area contributed by atoms with Gasteiger partial charge in [-0.15, -0.1) is 11.8 Å². The summed E-state index contributed by atoms with van der Waals surface area (Å²) in [6.45, 7) is 1.81. The lowest BCUT2D eigenvalue weighted by atomic mass is 10.1. The summed E-state index contributed by atoms with van der Waals surface area (Å²) in [5, 5.41) is 15.8. The number of anilines is 2. The smallest absolute Gasteiger partial charge is 0.328 e. The van der Waals surface area contributed by atoms with E-state index in [0.717, 1.165) is 33.5 Å². The van der Waals surface area contributed by atoms with Crippen molar-refractivity contribution in [1.82, 2.24) is 0 Å². The molecule has 0 radical (unpaired) electrons. The van der Waals surface area contributed by atoms with Crippen LogP contribution in [0.2, 0.25) is 0 Å². The molecule has 152 valence electrons. The first-order chi connectivity index (χ1) is 14.4. The summed E-state index contributed by atoms with van der Waals surface area (Å²) in [5.41, 5.74) is 1.28. The van der Waals surface area contributed by atoms with Gasteiger partial charge in [0.25, 0.3) is 0 Å². The SMILES string of the molecule is CC(Sc1cccc(NC(=O)/C=C/C(=O)O)c1)C(=O)Nc1cccc2ccccc12. The molecule has 0 aliphatic carbocycles. The number of rotatable bonds is 7. The van der Waals surface area contributed by atoms with Crippen LogP contribution >= 0.6 is 11.8 Å². The van der Waals surface area contributed by atoms with Gasteiger partial charge in [0.15, 0.2) is 0 Å². The number of carboxylic acids is 1. The summed E-state index contributed by atoms with van der Waals surface area (Å²) in [6.07, 6.45) is 1.72. The molecule has 0 saturated carbocycles. The van der Waals surface area contributed by atoms with Gasteiger partial charge in [-0.3, -0.25) is 9.59 Å². The van der Waals surface area contributed by atoms with E-state index < -0.39 is 11.9 Å². The number of carboxylic acid groups (broad SMARTS) is 1. The van der Waals surface area contributed by atoms with Gasteiger partial charge in [0.05, 0.1) is 5.25 Å². The molecule has 6 nitrogen and oxygen atoms in total. The molecule has 1 atom stereocenters. The predicted octanol–water partition coefficient (Wildman–Crippen LogP) is 4.54. The summed E-state index contributed by atoms with van der Waals surface area (Å²) < 4.78 is 0. The summed E-state index contributed by atoms with van der Waals surface area (Å²) >= 11 is 1.36.